The van der Waals surface area contributed by atoms with E-state index in [0.29, 0.717) is 6.04 Å². The van der Waals surface area contributed by atoms with Gasteiger partial charge in [0.1, 0.15) is 10.0 Å². The molecule has 5 unspecified atom stereocenters. The fraction of sp³-hybridized carbons (Fsp3) is 0.867. The summed E-state index contributed by atoms with van der Waals surface area (Å²) in [5.41, 5.74) is 0. The average Bonchev–Trinajstić information content (AvgIpc) is 2.85. The van der Waals surface area contributed by atoms with E-state index < -0.39 is 0 Å². The Morgan fingerprint density at radius 3 is 2.58 bits per heavy atom. The van der Waals surface area contributed by atoms with E-state index in [2.05, 4.69) is 29.4 Å². The van der Waals surface area contributed by atoms with Crippen LogP contribution in [0.1, 0.15) is 61.5 Å². The normalized spacial score (nSPS) is 40.4. The lowest BCUT2D eigenvalue weighted by molar-refractivity contribution is 0.456. The Bertz CT molecular complexity index is 456. The Labute approximate surface area is 119 Å². The van der Waals surface area contributed by atoms with E-state index in [0.717, 1.165) is 42.6 Å². The van der Waals surface area contributed by atoms with Gasteiger partial charge in [0.05, 0.1) is 6.04 Å². The zero-order valence-electron chi connectivity index (χ0n) is 11.8. The van der Waals surface area contributed by atoms with Crippen molar-refractivity contribution in [2.24, 2.45) is 23.7 Å². The number of fused-ring (bicyclic) bond motifs is 5. The monoisotopic (exact) mass is 277 g/mol. The van der Waals surface area contributed by atoms with Crippen LogP contribution in [0, 0.1) is 23.7 Å². The van der Waals surface area contributed by atoms with Gasteiger partial charge in [0.15, 0.2) is 0 Å². The molecule has 1 aromatic heterocycles. The Balaban J connectivity index is 1.50. The van der Waals surface area contributed by atoms with Crippen molar-refractivity contribution >= 4 is 11.3 Å². The largest absolute Gasteiger partial charge is 0.308 e. The van der Waals surface area contributed by atoms with Crippen LogP contribution in [0.15, 0.2) is 0 Å². The summed E-state index contributed by atoms with van der Waals surface area (Å²) in [6, 6.07) is 0.409. The number of nitrogens with one attached hydrogen (secondary N) is 1. The minimum absolute atomic E-state index is 0.409. The summed E-state index contributed by atoms with van der Waals surface area (Å²) in [5, 5.41) is 15.1. The van der Waals surface area contributed by atoms with Gasteiger partial charge in [-0.25, -0.2) is 0 Å². The maximum Gasteiger partial charge on any atom is 0.134 e. The lowest BCUT2D eigenvalue weighted by Gasteiger charge is -2.11. The molecule has 0 radical (unpaired) electrons. The summed E-state index contributed by atoms with van der Waals surface area (Å²) in [6.07, 6.45) is 5.60. The highest BCUT2D eigenvalue weighted by atomic mass is 32.1. The van der Waals surface area contributed by atoms with Crippen molar-refractivity contribution in [3.63, 3.8) is 0 Å². The van der Waals surface area contributed by atoms with Crippen molar-refractivity contribution in [2.75, 3.05) is 6.54 Å². The summed E-state index contributed by atoms with van der Waals surface area (Å²) in [5.74, 6) is 4.82. The molecule has 3 nitrogen and oxygen atoms in total. The first-order valence-electron chi connectivity index (χ1n) is 7.90. The maximum absolute atomic E-state index is 4.54. The third kappa shape index (κ3) is 1.79. The molecule has 3 saturated carbocycles. The fourth-order valence-electron chi connectivity index (χ4n) is 4.83. The smallest absolute Gasteiger partial charge is 0.134 e. The second-order valence-corrected chi connectivity index (χ2v) is 7.55. The molecule has 3 aliphatic carbocycles. The van der Waals surface area contributed by atoms with Crippen LogP contribution < -0.4 is 5.32 Å². The van der Waals surface area contributed by atoms with Gasteiger partial charge < -0.3 is 5.32 Å². The quantitative estimate of drug-likeness (QED) is 0.897. The van der Waals surface area contributed by atoms with Crippen LogP contribution in [0.4, 0.5) is 0 Å². The highest BCUT2D eigenvalue weighted by Crippen LogP contribution is 2.73. The van der Waals surface area contributed by atoms with Crippen LogP contribution in [0.2, 0.25) is 0 Å². The van der Waals surface area contributed by atoms with E-state index in [-0.39, 0.29) is 0 Å². The lowest BCUT2D eigenvalue weighted by atomic mass is 10.0. The standard InChI is InChI=1S/C15H23N3S/c1-3-10(16-4-2)14-17-18-15(19-14)13-11-8-5-6-9(7-8)12(11)13/h8-13,16H,3-7H2,1-2H3. The van der Waals surface area contributed by atoms with Gasteiger partial charge in [0, 0.05) is 5.92 Å². The van der Waals surface area contributed by atoms with E-state index in [1.54, 1.807) is 0 Å². The van der Waals surface area contributed by atoms with E-state index >= 15 is 0 Å². The molecule has 0 spiro atoms. The van der Waals surface area contributed by atoms with Gasteiger partial charge >= 0.3 is 0 Å². The van der Waals surface area contributed by atoms with Gasteiger partial charge in [0.2, 0.25) is 0 Å². The van der Waals surface area contributed by atoms with Gasteiger partial charge in [-0.1, -0.05) is 25.2 Å². The molecule has 0 amide bonds. The highest BCUT2D eigenvalue weighted by Gasteiger charge is 2.66. The summed E-state index contributed by atoms with van der Waals surface area (Å²) in [6.45, 7) is 5.39. The van der Waals surface area contributed by atoms with Crippen molar-refractivity contribution < 1.29 is 0 Å². The van der Waals surface area contributed by atoms with E-state index in [1.165, 1.54) is 29.3 Å². The summed E-state index contributed by atoms with van der Waals surface area (Å²) >= 11 is 1.88. The van der Waals surface area contributed by atoms with E-state index in [1.807, 2.05) is 11.3 Å². The molecule has 4 rings (SSSR count). The van der Waals surface area contributed by atoms with Crippen molar-refractivity contribution in [3.8, 4) is 0 Å². The second kappa shape index (κ2) is 4.52. The van der Waals surface area contributed by atoms with Gasteiger partial charge in [-0.15, -0.1) is 10.2 Å². The second-order valence-electron chi connectivity index (χ2n) is 6.51. The van der Waals surface area contributed by atoms with E-state index in [9.17, 15) is 0 Å². The molecule has 104 valence electrons. The Kier molecular flexibility index (Phi) is 2.92. The first kappa shape index (κ1) is 12.3. The number of hydrogen-bond donors (Lipinski definition) is 1. The molecule has 0 aliphatic heterocycles. The number of aromatic nitrogens is 2. The predicted molar refractivity (Wildman–Crippen MR) is 77.2 cm³/mol. The van der Waals surface area contributed by atoms with Crippen molar-refractivity contribution in [3.05, 3.63) is 10.0 Å². The molecule has 1 N–H and O–H groups in total. The third-order valence-corrected chi connectivity index (χ3v) is 6.77. The van der Waals surface area contributed by atoms with Crippen LogP contribution in [0.3, 0.4) is 0 Å². The molecular formula is C15H23N3S. The minimum Gasteiger partial charge on any atom is -0.308 e. The Morgan fingerprint density at radius 2 is 1.95 bits per heavy atom. The van der Waals surface area contributed by atoms with Crippen molar-refractivity contribution in [1.29, 1.82) is 0 Å². The molecule has 5 atom stereocenters. The molecule has 3 aliphatic rings. The molecule has 0 saturated heterocycles. The zero-order valence-corrected chi connectivity index (χ0v) is 12.6. The molecule has 4 heteroatoms. The molecule has 2 bridgehead atoms. The van der Waals surface area contributed by atoms with Crippen LogP contribution in [0.5, 0.6) is 0 Å². The van der Waals surface area contributed by atoms with Crippen molar-refractivity contribution in [1.82, 2.24) is 15.5 Å². The van der Waals surface area contributed by atoms with Crippen LogP contribution in [0.25, 0.3) is 0 Å². The lowest BCUT2D eigenvalue weighted by Crippen LogP contribution is -2.19. The third-order valence-electron chi connectivity index (χ3n) is 5.63. The highest BCUT2D eigenvalue weighted by molar-refractivity contribution is 7.11. The van der Waals surface area contributed by atoms with Crippen molar-refractivity contribution in [2.45, 2.75) is 51.5 Å². The molecule has 1 heterocycles. The maximum atomic E-state index is 4.54. The summed E-state index contributed by atoms with van der Waals surface area (Å²) in [4.78, 5) is 0. The van der Waals surface area contributed by atoms with Gasteiger partial charge in [-0.2, -0.15) is 0 Å². The molecule has 1 aromatic rings. The van der Waals surface area contributed by atoms with E-state index in [4.69, 9.17) is 0 Å². The van der Waals surface area contributed by atoms with Gasteiger partial charge in [0.25, 0.3) is 0 Å². The van der Waals surface area contributed by atoms with Gasteiger partial charge in [-0.05, 0) is 55.9 Å². The topological polar surface area (TPSA) is 37.8 Å². The molecule has 3 fully saturated rings. The Morgan fingerprint density at radius 1 is 1.21 bits per heavy atom. The van der Waals surface area contributed by atoms with Crippen LogP contribution in [-0.4, -0.2) is 16.7 Å². The molecule has 19 heavy (non-hydrogen) atoms. The summed E-state index contributed by atoms with van der Waals surface area (Å²) in [7, 11) is 0. The predicted octanol–water partition coefficient (Wildman–Crippen LogP) is 3.36. The first-order chi connectivity index (χ1) is 9.33. The average molecular weight is 277 g/mol. The van der Waals surface area contributed by atoms with Gasteiger partial charge in [-0.3, -0.25) is 0 Å². The first-order valence-corrected chi connectivity index (χ1v) is 8.71. The minimum atomic E-state index is 0.409. The SMILES string of the molecule is CCNC(CC)c1nnc(C2C3C4CCC(C4)C23)s1. The number of nitrogens with zero attached hydrogens (tertiary/aromatic N) is 2. The fourth-order valence-corrected chi connectivity index (χ4v) is 6.05. The Hall–Kier alpha value is -0.480. The zero-order chi connectivity index (χ0) is 13.0. The molecular weight excluding hydrogens is 254 g/mol. The molecule has 0 aromatic carbocycles. The number of hydrogen-bond acceptors (Lipinski definition) is 4. The van der Waals surface area contributed by atoms with Crippen LogP contribution >= 0.6 is 11.3 Å². The summed E-state index contributed by atoms with van der Waals surface area (Å²) < 4.78 is 0. The van der Waals surface area contributed by atoms with Crippen LogP contribution in [-0.2, 0) is 0 Å². The number of rotatable bonds is 5.